The van der Waals surface area contributed by atoms with Crippen LogP contribution in [0.3, 0.4) is 0 Å². The smallest absolute Gasteiger partial charge is 0.245 e. The lowest BCUT2D eigenvalue weighted by Gasteiger charge is -2.39. The lowest BCUT2D eigenvalue weighted by Crippen LogP contribution is -2.50. The van der Waals surface area contributed by atoms with Crippen LogP contribution in [0.15, 0.2) is 16.8 Å². The molecule has 2 aliphatic carbocycles. The van der Waals surface area contributed by atoms with E-state index in [0.29, 0.717) is 28.9 Å². The van der Waals surface area contributed by atoms with Gasteiger partial charge in [-0.15, -0.1) is 0 Å². The molecular weight excluding hydrogens is 438 g/mol. The van der Waals surface area contributed by atoms with Crippen molar-refractivity contribution in [3.63, 3.8) is 0 Å². The number of hydrogen-bond acceptors (Lipinski definition) is 6. The zero-order valence-corrected chi connectivity index (χ0v) is 21.4. The fourth-order valence-corrected chi connectivity index (χ4v) is 6.13. The molecule has 0 radical (unpaired) electrons. The molecule has 5 rings (SSSR count). The standard InChI is InChI=1S/C27H41N7O/c1-27(2)12-15-33(16-13-27)25(35)22-11-6-14-34(22)26-30-21-10-5-9-19(21)24(32-26)31-23(29)17-20(28)18-7-3-4-8-18/h17-18,22H,3-16,28H2,1-2H3,(H2,29,30,31,32)/b20-17-. The van der Waals surface area contributed by atoms with Crippen LogP contribution in [0, 0.1) is 11.3 Å². The van der Waals surface area contributed by atoms with Gasteiger partial charge in [-0.05, 0) is 75.2 Å². The number of rotatable bonds is 5. The van der Waals surface area contributed by atoms with Crippen molar-refractivity contribution in [1.29, 1.82) is 0 Å². The third-order valence-corrected chi connectivity index (χ3v) is 8.50. The van der Waals surface area contributed by atoms with Crippen LogP contribution in [0.5, 0.6) is 0 Å². The van der Waals surface area contributed by atoms with Crippen LogP contribution in [-0.2, 0) is 17.6 Å². The van der Waals surface area contributed by atoms with Gasteiger partial charge in [0, 0.05) is 30.9 Å². The Balaban J connectivity index is 1.39. The molecule has 4 aliphatic rings. The second-order valence-electron chi connectivity index (χ2n) is 11.6. The van der Waals surface area contributed by atoms with Gasteiger partial charge in [0.05, 0.1) is 5.69 Å². The molecule has 0 bridgehead atoms. The molecule has 2 aliphatic heterocycles. The van der Waals surface area contributed by atoms with Crippen LogP contribution in [0.25, 0.3) is 0 Å². The van der Waals surface area contributed by atoms with Gasteiger partial charge >= 0.3 is 0 Å². The number of carbonyl (C=O) groups is 1. The molecule has 4 N–H and O–H groups in total. The van der Waals surface area contributed by atoms with Crippen molar-refractivity contribution in [3.05, 3.63) is 23.0 Å². The second kappa shape index (κ2) is 9.78. The highest BCUT2D eigenvalue weighted by molar-refractivity contribution is 5.94. The summed E-state index contributed by atoms with van der Waals surface area (Å²) in [4.78, 5) is 32.2. The van der Waals surface area contributed by atoms with E-state index in [4.69, 9.17) is 26.4 Å². The number of piperidine rings is 1. The highest BCUT2D eigenvalue weighted by Crippen LogP contribution is 2.35. The maximum Gasteiger partial charge on any atom is 0.245 e. The number of hydrogen-bond donors (Lipinski definition) is 2. The van der Waals surface area contributed by atoms with Gasteiger partial charge in [0.15, 0.2) is 5.82 Å². The average Bonchev–Trinajstić information content (AvgIpc) is 3.60. The quantitative estimate of drug-likeness (QED) is 0.493. The highest BCUT2D eigenvalue weighted by Gasteiger charge is 2.38. The van der Waals surface area contributed by atoms with E-state index in [-0.39, 0.29) is 11.9 Å². The molecule has 1 saturated carbocycles. The minimum Gasteiger partial charge on any atom is -0.402 e. The number of allylic oxidation sites excluding steroid dienone is 1. The number of likely N-dealkylation sites (tertiary alicyclic amines) is 1. The minimum atomic E-state index is -0.192. The first kappa shape index (κ1) is 24.1. The molecule has 1 aromatic rings. The first-order chi connectivity index (χ1) is 16.8. The van der Waals surface area contributed by atoms with Gasteiger partial charge in [-0.25, -0.2) is 9.98 Å². The van der Waals surface area contributed by atoms with Crippen molar-refractivity contribution < 1.29 is 4.79 Å². The Morgan fingerprint density at radius 2 is 1.74 bits per heavy atom. The molecule has 2 saturated heterocycles. The van der Waals surface area contributed by atoms with E-state index in [1.54, 1.807) is 0 Å². The Bertz CT molecular complexity index is 1010. The Hall–Kier alpha value is -2.64. The summed E-state index contributed by atoms with van der Waals surface area (Å²) in [6.45, 7) is 7.05. The van der Waals surface area contributed by atoms with Crippen LogP contribution in [-0.4, -0.2) is 52.3 Å². The number of carbonyl (C=O) groups excluding carboxylic acids is 1. The Kier molecular flexibility index (Phi) is 6.73. The monoisotopic (exact) mass is 479 g/mol. The lowest BCUT2D eigenvalue weighted by atomic mass is 9.82. The predicted molar refractivity (Wildman–Crippen MR) is 140 cm³/mol. The first-order valence-corrected chi connectivity index (χ1v) is 13.6. The molecule has 35 heavy (non-hydrogen) atoms. The molecule has 3 fully saturated rings. The van der Waals surface area contributed by atoms with Crippen LogP contribution in [0.2, 0.25) is 0 Å². The van der Waals surface area contributed by atoms with Crippen LogP contribution in [0.1, 0.15) is 82.9 Å². The maximum atomic E-state index is 13.5. The van der Waals surface area contributed by atoms with Crippen molar-refractivity contribution in [2.24, 2.45) is 27.8 Å². The van der Waals surface area contributed by atoms with E-state index in [2.05, 4.69) is 23.6 Å². The number of nitrogens with zero attached hydrogens (tertiary/aromatic N) is 5. The zero-order valence-electron chi connectivity index (χ0n) is 21.4. The molecular formula is C27H41N7O. The number of aryl methyl sites for hydroxylation is 1. The number of anilines is 1. The van der Waals surface area contributed by atoms with Crippen molar-refractivity contribution in [3.8, 4) is 0 Å². The van der Waals surface area contributed by atoms with Crippen molar-refractivity contribution in [2.75, 3.05) is 24.5 Å². The molecule has 1 aromatic heterocycles. The van der Waals surface area contributed by atoms with Gasteiger partial charge < -0.3 is 21.3 Å². The maximum absolute atomic E-state index is 13.5. The van der Waals surface area contributed by atoms with Gasteiger partial charge in [0.25, 0.3) is 0 Å². The fourth-order valence-electron chi connectivity index (χ4n) is 6.13. The molecule has 1 unspecified atom stereocenters. The van der Waals surface area contributed by atoms with Gasteiger partial charge in [-0.3, -0.25) is 4.79 Å². The van der Waals surface area contributed by atoms with Crippen molar-refractivity contribution >= 4 is 23.5 Å². The minimum absolute atomic E-state index is 0.192. The van der Waals surface area contributed by atoms with E-state index in [1.807, 2.05) is 6.08 Å². The van der Waals surface area contributed by atoms with E-state index in [0.717, 1.165) is 94.4 Å². The van der Waals surface area contributed by atoms with E-state index >= 15 is 0 Å². The number of fused-ring (bicyclic) bond motifs is 1. The van der Waals surface area contributed by atoms with E-state index < -0.39 is 0 Å². The third-order valence-electron chi connectivity index (χ3n) is 8.50. The summed E-state index contributed by atoms with van der Waals surface area (Å²) < 4.78 is 0. The number of nitrogens with two attached hydrogens (primary N) is 2. The first-order valence-electron chi connectivity index (χ1n) is 13.6. The molecule has 0 spiro atoms. The normalized spacial score (nSPS) is 25.4. The molecule has 8 heteroatoms. The molecule has 1 atom stereocenters. The predicted octanol–water partition coefficient (Wildman–Crippen LogP) is 3.60. The number of amidine groups is 1. The van der Waals surface area contributed by atoms with Gasteiger partial charge in [0.2, 0.25) is 11.9 Å². The van der Waals surface area contributed by atoms with Crippen LogP contribution >= 0.6 is 0 Å². The molecule has 1 amide bonds. The number of aliphatic imine (C=N–C) groups is 1. The molecule has 3 heterocycles. The molecule has 8 nitrogen and oxygen atoms in total. The lowest BCUT2D eigenvalue weighted by molar-refractivity contribution is -0.134. The zero-order chi connectivity index (χ0) is 24.6. The average molecular weight is 480 g/mol. The third kappa shape index (κ3) is 5.16. The summed E-state index contributed by atoms with van der Waals surface area (Å²) in [5.74, 6) is 2.30. The van der Waals surface area contributed by atoms with Crippen LogP contribution in [0.4, 0.5) is 11.8 Å². The van der Waals surface area contributed by atoms with Crippen molar-refractivity contribution in [2.45, 2.75) is 90.5 Å². The summed E-state index contributed by atoms with van der Waals surface area (Å²) >= 11 is 0. The van der Waals surface area contributed by atoms with Crippen LogP contribution < -0.4 is 16.4 Å². The summed E-state index contributed by atoms with van der Waals surface area (Å²) in [6.07, 6.45) is 13.3. The SMILES string of the molecule is CC1(C)CCN(C(=O)C2CCCN2c2nc3c(c(N=C(N)/C=C(\N)C4CCCC4)n2)CCC3)CC1. The van der Waals surface area contributed by atoms with Gasteiger partial charge in [-0.2, -0.15) is 4.98 Å². The number of aromatic nitrogens is 2. The largest absolute Gasteiger partial charge is 0.402 e. The van der Waals surface area contributed by atoms with Gasteiger partial charge in [-0.1, -0.05) is 26.7 Å². The molecule has 0 aromatic carbocycles. The Labute approximate surface area is 209 Å². The molecule has 190 valence electrons. The number of amides is 1. The fraction of sp³-hybridized carbons (Fsp3) is 0.704. The Morgan fingerprint density at radius 1 is 1.00 bits per heavy atom. The topological polar surface area (TPSA) is 114 Å². The summed E-state index contributed by atoms with van der Waals surface area (Å²) in [5, 5.41) is 0. The van der Waals surface area contributed by atoms with E-state index in [1.165, 1.54) is 12.8 Å². The highest BCUT2D eigenvalue weighted by atomic mass is 16.2. The van der Waals surface area contributed by atoms with E-state index in [9.17, 15) is 4.79 Å². The van der Waals surface area contributed by atoms with Crippen molar-refractivity contribution in [1.82, 2.24) is 14.9 Å². The summed E-state index contributed by atoms with van der Waals surface area (Å²) in [6, 6.07) is -0.192. The Morgan fingerprint density at radius 3 is 2.49 bits per heavy atom. The van der Waals surface area contributed by atoms with Gasteiger partial charge in [0.1, 0.15) is 11.9 Å². The second-order valence-corrected chi connectivity index (χ2v) is 11.6. The summed E-state index contributed by atoms with van der Waals surface area (Å²) in [7, 11) is 0. The summed E-state index contributed by atoms with van der Waals surface area (Å²) in [5.41, 5.74) is 15.9.